The third-order valence-corrected chi connectivity index (χ3v) is 2.73. The molecule has 2 rings (SSSR count). The Morgan fingerprint density at radius 1 is 1.29 bits per heavy atom. The molecule has 4 heteroatoms. The number of alkyl halides is 1. The summed E-state index contributed by atoms with van der Waals surface area (Å²) < 4.78 is 2.98. The maximum atomic E-state index is 9.33. The van der Waals surface area contributed by atoms with E-state index in [4.69, 9.17) is 0 Å². The van der Waals surface area contributed by atoms with Crippen LogP contribution in [0, 0.1) is 0 Å². The number of hydrogen-bond donors (Lipinski definition) is 1. The molecule has 0 spiro atoms. The summed E-state index contributed by atoms with van der Waals surface area (Å²) in [7, 11) is 0. The van der Waals surface area contributed by atoms with Crippen LogP contribution in [0.4, 0.5) is 0 Å². The topological polar surface area (TPSA) is 24.1 Å². The van der Waals surface area contributed by atoms with Gasteiger partial charge in [0.1, 0.15) is 5.75 Å². The molecule has 74 valence electrons. The Labute approximate surface area is 113 Å². The van der Waals surface area contributed by atoms with Crippen molar-refractivity contribution in [3.63, 3.8) is 0 Å². The highest BCUT2D eigenvalue weighted by molar-refractivity contribution is 14.1. The smallest absolute Gasteiger partial charge is 0.216 e. The van der Waals surface area contributed by atoms with E-state index in [-0.39, 0.29) is 24.0 Å². The number of nitrogens with zero attached hydrogens (tertiary/aromatic N) is 1. The SMILES string of the molecule is Oc1ccc2ccc[n+](CI)c2c1.[I-]. The Bertz CT molecular complexity index is 445. The second kappa shape index (κ2) is 5.11. The molecule has 0 atom stereocenters. The normalized spacial score (nSPS) is 9.79. The van der Waals surface area contributed by atoms with Crippen molar-refractivity contribution < 1.29 is 33.7 Å². The number of fused-ring (bicyclic) bond motifs is 1. The van der Waals surface area contributed by atoms with Crippen molar-refractivity contribution >= 4 is 33.5 Å². The molecule has 0 aliphatic carbocycles. The van der Waals surface area contributed by atoms with Crippen LogP contribution in [0.3, 0.4) is 0 Å². The second-order valence-electron chi connectivity index (χ2n) is 2.84. The van der Waals surface area contributed by atoms with Gasteiger partial charge in [0.15, 0.2) is 10.7 Å². The Morgan fingerprint density at radius 2 is 2.07 bits per heavy atom. The Kier molecular flexibility index (Phi) is 4.36. The van der Waals surface area contributed by atoms with Crippen LogP contribution in [0.25, 0.3) is 10.9 Å². The lowest BCUT2D eigenvalue weighted by molar-refractivity contribution is -0.644. The first-order valence-electron chi connectivity index (χ1n) is 3.98. The fourth-order valence-corrected chi connectivity index (χ4v) is 1.95. The molecule has 0 bridgehead atoms. The van der Waals surface area contributed by atoms with Crippen LogP contribution >= 0.6 is 22.6 Å². The summed E-state index contributed by atoms with van der Waals surface area (Å²) in [5.41, 5.74) is 1.07. The van der Waals surface area contributed by atoms with Gasteiger partial charge in [0.05, 0.1) is 6.07 Å². The fraction of sp³-hybridized carbons (Fsp3) is 0.100. The van der Waals surface area contributed by atoms with Crippen LogP contribution in [-0.2, 0) is 4.55 Å². The quantitative estimate of drug-likeness (QED) is 0.371. The van der Waals surface area contributed by atoms with E-state index in [2.05, 4.69) is 27.2 Å². The van der Waals surface area contributed by atoms with E-state index in [0.717, 1.165) is 15.5 Å². The molecule has 0 radical (unpaired) electrons. The number of halogens is 2. The number of aromatic hydroxyl groups is 1. The van der Waals surface area contributed by atoms with Gasteiger partial charge in [-0.25, -0.2) is 0 Å². The molecule has 0 saturated heterocycles. The number of pyridine rings is 1. The monoisotopic (exact) mass is 413 g/mol. The van der Waals surface area contributed by atoms with Crippen LogP contribution < -0.4 is 28.5 Å². The van der Waals surface area contributed by atoms with Gasteiger partial charge in [0, 0.05) is 11.5 Å². The van der Waals surface area contributed by atoms with Gasteiger partial charge in [0.2, 0.25) is 5.52 Å². The zero-order valence-electron chi connectivity index (χ0n) is 7.32. The number of aromatic nitrogens is 1. The molecule has 0 aliphatic rings. The largest absolute Gasteiger partial charge is 1.00 e. The van der Waals surface area contributed by atoms with E-state index in [1.165, 1.54) is 0 Å². The summed E-state index contributed by atoms with van der Waals surface area (Å²) in [5, 5.41) is 10.5. The molecule has 2 nitrogen and oxygen atoms in total. The minimum atomic E-state index is 0. The maximum absolute atomic E-state index is 9.33. The first kappa shape index (κ1) is 12.0. The lowest BCUT2D eigenvalue weighted by Crippen LogP contribution is -3.00. The highest BCUT2D eigenvalue weighted by Gasteiger charge is 2.06. The summed E-state index contributed by atoms with van der Waals surface area (Å²) >= 11 is 2.29. The zero-order valence-corrected chi connectivity index (χ0v) is 11.6. The van der Waals surface area contributed by atoms with E-state index >= 15 is 0 Å². The summed E-state index contributed by atoms with van der Waals surface area (Å²) in [6.45, 7) is 0. The first-order valence-corrected chi connectivity index (χ1v) is 5.51. The van der Waals surface area contributed by atoms with E-state index in [1.54, 1.807) is 12.1 Å². The van der Waals surface area contributed by atoms with Gasteiger partial charge in [-0.2, -0.15) is 4.57 Å². The third-order valence-electron chi connectivity index (χ3n) is 1.99. The van der Waals surface area contributed by atoms with Crippen LogP contribution in [0.1, 0.15) is 0 Å². The predicted octanol–water partition coefficient (Wildman–Crippen LogP) is -0.771. The molecular formula is C10H9I2NO. The van der Waals surface area contributed by atoms with Gasteiger partial charge < -0.3 is 29.1 Å². The second-order valence-corrected chi connectivity index (χ2v) is 3.52. The lowest BCUT2D eigenvalue weighted by Gasteiger charge is -1.97. The average molecular weight is 413 g/mol. The summed E-state index contributed by atoms with van der Waals surface area (Å²) in [5.74, 6) is 0.317. The van der Waals surface area contributed by atoms with E-state index in [1.807, 2.05) is 24.4 Å². The molecule has 14 heavy (non-hydrogen) atoms. The van der Waals surface area contributed by atoms with Gasteiger partial charge in [0.25, 0.3) is 0 Å². The summed E-state index contributed by atoms with van der Waals surface area (Å²) in [4.78, 5) is 0. The van der Waals surface area contributed by atoms with Crippen molar-refractivity contribution in [3.8, 4) is 5.75 Å². The van der Waals surface area contributed by atoms with Crippen LogP contribution in [0.15, 0.2) is 36.5 Å². The van der Waals surface area contributed by atoms with Crippen LogP contribution in [0.2, 0.25) is 0 Å². The Balaban J connectivity index is 0.000000980. The predicted molar refractivity (Wildman–Crippen MR) is 59.8 cm³/mol. The molecule has 1 heterocycles. The molecule has 2 aromatic rings. The number of benzene rings is 1. The van der Waals surface area contributed by atoms with Crippen molar-refractivity contribution in [2.24, 2.45) is 0 Å². The summed E-state index contributed by atoms with van der Waals surface area (Å²) in [6, 6.07) is 9.47. The third kappa shape index (κ3) is 2.28. The number of phenolic OH excluding ortho intramolecular Hbond substituents is 1. The van der Waals surface area contributed by atoms with Crippen LogP contribution in [-0.4, -0.2) is 5.11 Å². The molecule has 0 amide bonds. The standard InChI is InChI=1S/C10H8INO.HI/c11-7-12-5-1-2-8-3-4-9(13)6-10(8)12;/h1-6H,7H2;1H. The highest BCUT2D eigenvalue weighted by atomic mass is 127. The van der Waals surface area contributed by atoms with Crippen molar-refractivity contribution in [2.45, 2.75) is 4.55 Å². The maximum Gasteiger partial charge on any atom is 0.216 e. The molecule has 0 saturated carbocycles. The van der Waals surface area contributed by atoms with Gasteiger partial charge in [-0.3, -0.25) is 0 Å². The number of rotatable bonds is 1. The van der Waals surface area contributed by atoms with Crippen molar-refractivity contribution in [3.05, 3.63) is 36.5 Å². The molecular weight excluding hydrogens is 404 g/mol. The average Bonchev–Trinajstić information content (AvgIpc) is 2.17. The van der Waals surface area contributed by atoms with E-state index in [9.17, 15) is 5.11 Å². The van der Waals surface area contributed by atoms with Crippen molar-refractivity contribution in [1.29, 1.82) is 0 Å². The molecule has 1 aromatic carbocycles. The van der Waals surface area contributed by atoms with E-state index in [0.29, 0.717) is 5.75 Å². The molecule has 0 unspecified atom stereocenters. The Hall–Kier alpha value is -0.110. The van der Waals surface area contributed by atoms with E-state index < -0.39 is 0 Å². The minimum Gasteiger partial charge on any atom is -1.00 e. The Morgan fingerprint density at radius 3 is 2.79 bits per heavy atom. The number of hydrogen-bond acceptors (Lipinski definition) is 1. The number of phenols is 1. The minimum absolute atomic E-state index is 0. The van der Waals surface area contributed by atoms with Crippen molar-refractivity contribution in [1.82, 2.24) is 0 Å². The van der Waals surface area contributed by atoms with Gasteiger partial charge >= 0.3 is 0 Å². The van der Waals surface area contributed by atoms with Crippen molar-refractivity contribution in [2.75, 3.05) is 0 Å². The fourth-order valence-electron chi connectivity index (χ4n) is 1.36. The first-order chi connectivity index (χ1) is 6.31. The molecule has 0 fully saturated rings. The molecule has 0 aliphatic heterocycles. The zero-order chi connectivity index (χ0) is 9.26. The van der Waals surface area contributed by atoms with Gasteiger partial charge in [-0.15, -0.1) is 0 Å². The lowest BCUT2D eigenvalue weighted by atomic mass is 10.2. The van der Waals surface area contributed by atoms with Gasteiger partial charge in [-0.05, 0) is 40.8 Å². The van der Waals surface area contributed by atoms with Crippen LogP contribution in [0.5, 0.6) is 5.75 Å². The summed E-state index contributed by atoms with van der Waals surface area (Å²) in [6.07, 6.45) is 2.01. The highest BCUT2D eigenvalue weighted by Crippen LogP contribution is 2.16. The molecule has 1 N–H and O–H groups in total. The van der Waals surface area contributed by atoms with Gasteiger partial charge in [-0.1, -0.05) is 0 Å². The molecule has 1 aromatic heterocycles.